The molecule has 2 aromatic rings. The van der Waals surface area contributed by atoms with E-state index < -0.39 is 0 Å². The highest BCUT2D eigenvalue weighted by Crippen LogP contribution is 2.13. The van der Waals surface area contributed by atoms with E-state index in [0.717, 1.165) is 16.5 Å². The van der Waals surface area contributed by atoms with Crippen molar-refractivity contribution in [1.82, 2.24) is 10.2 Å². The summed E-state index contributed by atoms with van der Waals surface area (Å²) >= 11 is 0. The van der Waals surface area contributed by atoms with Crippen LogP contribution in [0.2, 0.25) is 0 Å². The van der Waals surface area contributed by atoms with Crippen molar-refractivity contribution in [2.45, 2.75) is 13.3 Å². The van der Waals surface area contributed by atoms with Crippen LogP contribution in [-0.2, 0) is 0 Å². The Morgan fingerprint density at radius 3 is 3.15 bits per heavy atom. The van der Waals surface area contributed by atoms with Gasteiger partial charge in [-0.15, -0.1) is 0 Å². The first kappa shape index (κ1) is 7.98. The molecular formula is C10H10N2O. The number of fused-ring (bicyclic) bond motifs is 1. The number of carbonyl (C=O) groups is 1. The van der Waals surface area contributed by atoms with E-state index in [9.17, 15) is 4.79 Å². The predicted octanol–water partition coefficient (Wildman–Crippen LogP) is 2.16. The van der Waals surface area contributed by atoms with E-state index in [4.69, 9.17) is 0 Å². The summed E-state index contributed by atoms with van der Waals surface area (Å²) in [6.45, 7) is 1.86. The molecule has 0 saturated carbocycles. The summed E-state index contributed by atoms with van der Waals surface area (Å²) < 4.78 is 0. The molecule has 0 saturated heterocycles. The fourth-order valence-electron chi connectivity index (χ4n) is 1.31. The lowest BCUT2D eigenvalue weighted by atomic mass is 10.1. The summed E-state index contributed by atoms with van der Waals surface area (Å²) in [5.74, 6) is 0.163. The van der Waals surface area contributed by atoms with Crippen LogP contribution in [-0.4, -0.2) is 16.0 Å². The third-order valence-electron chi connectivity index (χ3n) is 2.09. The average Bonchev–Trinajstić information content (AvgIpc) is 2.63. The number of benzene rings is 1. The normalized spacial score (nSPS) is 10.5. The maximum absolute atomic E-state index is 11.3. The van der Waals surface area contributed by atoms with Crippen LogP contribution < -0.4 is 0 Å². The molecule has 13 heavy (non-hydrogen) atoms. The van der Waals surface area contributed by atoms with Gasteiger partial charge in [0.1, 0.15) is 0 Å². The number of ketones is 1. The second-order valence-electron chi connectivity index (χ2n) is 2.95. The van der Waals surface area contributed by atoms with Gasteiger partial charge >= 0.3 is 0 Å². The molecule has 0 atom stereocenters. The van der Waals surface area contributed by atoms with E-state index in [-0.39, 0.29) is 5.78 Å². The summed E-state index contributed by atoms with van der Waals surface area (Å²) in [4.78, 5) is 11.3. The first-order valence-electron chi connectivity index (χ1n) is 4.27. The fraction of sp³-hybridized carbons (Fsp3) is 0.200. The number of nitrogens with one attached hydrogen (secondary N) is 1. The average molecular weight is 174 g/mol. The maximum Gasteiger partial charge on any atom is 0.162 e. The molecule has 1 heterocycles. The van der Waals surface area contributed by atoms with Crippen LogP contribution in [0.1, 0.15) is 23.7 Å². The summed E-state index contributed by atoms with van der Waals surface area (Å²) in [7, 11) is 0. The lowest BCUT2D eigenvalue weighted by Gasteiger charge is -1.96. The van der Waals surface area contributed by atoms with Gasteiger partial charge < -0.3 is 0 Å². The zero-order valence-electron chi connectivity index (χ0n) is 7.37. The molecule has 0 aliphatic carbocycles. The number of aromatic amines is 1. The molecule has 1 aromatic heterocycles. The molecule has 0 unspecified atom stereocenters. The third kappa shape index (κ3) is 1.33. The Kier molecular flexibility index (Phi) is 1.85. The monoisotopic (exact) mass is 174 g/mol. The quantitative estimate of drug-likeness (QED) is 0.709. The Morgan fingerprint density at radius 1 is 1.54 bits per heavy atom. The summed E-state index contributed by atoms with van der Waals surface area (Å²) in [6, 6.07) is 5.58. The van der Waals surface area contributed by atoms with Gasteiger partial charge in [-0.2, -0.15) is 5.10 Å². The molecule has 0 fully saturated rings. The van der Waals surface area contributed by atoms with Gasteiger partial charge in [0.25, 0.3) is 0 Å². The van der Waals surface area contributed by atoms with E-state index in [1.54, 1.807) is 6.20 Å². The molecule has 66 valence electrons. The van der Waals surface area contributed by atoms with Gasteiger partial charge in [0.05, 0.1) is 11.7 Å². The molecule has 0 amide bonds. The van der Waals surface area contributed by atoms with Crippen molar-refractivity contribution < 1.29 is 4.79 Å². The zero-order valence-corrected chi connectivity index (χ0v) is 7.37. The Bertz CT molecular complexity index is 445. The third-order valence-corrected chi connectivity index (χ3v) is 2.09. The van der Waals surface area contributed by atoms with Gasteiger partial charge in [0, 0.05) is 17.4 Å². The molecule has 0 aliphatic rings. The fourth-order valence-corrected chi connectivity index (χ4v) is 1.31. The minimum absolute atomic E-state index is 0.163. The van der Waals surface area contributed by atoms with Crippen molar-refractivity contribution >= 4 is 16.7 Å². The highest BCUT2D eigenvalue weighted by molar-refractivity contribution is 5.98. The lowest BCUT2D eigenvalue weighted by molar-refractivity contribution is 0.0988. The largest absolute Gasteiger partial charge is 0.294 e. The first-order chi connectivity index (χ1) is 6.31. The lowest BCUT2D eigenvalue weighted by Crippen LogP contribution is -1.95. The molecule has 0 spiro atoms. The Balaban J connectivity index is 2.54. The van der Waals surface area contributed by atoms with Crippen LogP contribution in [0.3, 0.4) is 0 Å². The van der Waals surface area contributed by atoms with E-state index >= 15 is 0 Å². The maximum atomic E-state index is 11.3. The van der Waals surface area contributed by atoms with E-state index in [1.165, 1.54) is 0 Å². The summed E-state index contributed by atoms with van der Waals surface area (Å²) in [6.07, 6.45) is 2.29. The topological polar surface area (TPSA) is 45.8 Å². The highest BCUT2D eigenvalue weighted by Gasteiger charge is 2.03. The first-order valence-corrected chi connectivity index (χ1v) is 4.27. The second-order valence-corrected chi connectivity index (χ2v) is 2.95. The number of nitrogens with zero attached hydrogens (tertiary/aromatic N) is 1. The SMILES string of the molecule is CCC(=O)c1ccc2cn[nH]c2c1. The number of carbonyl (C=O) groups excluding carboxylic acids is 1. The summed E-state index contributed by atoms with van der Waals surface area (Å²) in [5.41, 5.74) is 1.67. The second kappa shape index (κ2) is 3.01. The molecule has 1 N–H and O–H groups in total. The molecule has 0 radical (unpaired) electrons. The number of H-pyrrole nitrogens is 1. The van der Waals surface area contributed by atoms with Crippen molar-refractivity contribution in [2.75, 3.05) is 0 Å². The van der Waals surface area contributed by atoms with Gasteiger partial charge in [-0.05, 0) is 6.07 Å². The Morgan fingerprint density at radius 2 is 2.38 bits per heavy atom. The summed E-state index contributed by atoms with van der Waals surface area (Å²) in [5, 5.41) is 7.76. The van der Waals surface area contributed by atoms with Gasteiger partial charge in [-0.1, -0.05) is 19.1 Å². The Labute approximate surface area is 75.8 Å². The molecule has 3 nitrogen and oxygen atoms in total. The standard InChI is InChI=1S/C10H10N2O/c1-2-10(13)7-3-4-8-6-11-12-9(8)5-7/h3-6H,2H2,1H3,(H,11,12). The molecule has 2 rings (SSSR count). The molecule has 1 aromatic carbocycles. The smallest absolute Gasteiger partial charge is 0.162 e. The molecule has 0 aliphatic heterocycles. The van der Waals surface area contributed by atoms with E-state index in [0.29, 0.717) is 6.42 Å². The van der Waals surface area contributed by atoms with Crippen LogP contribution in [0, 0.1) is 0 Å². The minimum Gasteiger partial charge on any atom is -0.294 e. The van der Waals surface area contributed by atoms with Crippen molar-refractivity contribution in [3.8, 4) is 0 Å². The number of Topliss-reactive ketones (excluding diaryl/α,β-unsaturated/α-hetero) is 1. The Hall–Kier alpha value is -1.64. The highest BCUT2D eigenvalue weighted by atomic mass is 16.1. The van der Waals surface area contributed by atoms with Gasteiger partial charge in [0.15, 0.2) is 5.78 Å². The van der Waals surface area contributed by atoms with Crippen LogP contribution in [0.5, 0.6) is 0 Å². The number of aromatic nitrogens is 2. The van der Waals surface area contributed by atoms with Gasteiger partial charge in [0.2, 0.25) is 0 Å². The molecular weight excluding hydrogens is 164 g/mol. The molecule has 0 bridgehead atoms. The number of rotatable bonds is 2. The van der Waals surface area contributed by atoms with Crippen LogP contribution in [0.4, 0.5) is 0 Å². The van der Waals surface area contributed by atoms with Crippen molar-refractivity contribution in [3.05, 3.63) is 30.0 Å². The van der Waals surface area contributed by atoms with E-state index in [2.05, 4.69) is 10.2 Å². The van der Waals surface area contributed by atoms with Gasteiger partial charge in [-0.3, -0.25) is 9.89 Å². The number of hydrogen-bond donors (Lipinski definition) is 1. The number of hydrogen-bond acceptors (Lipinski definition) is 2. The zero-order chi connectivity index (χ0) is 9.26. The van der Waals surface area contributed by atoms with Crippen molar-refractivity contribution in [1.29, 1.82) is 0 Å². The van der Waals surface area contributed by atoms with Crippen molar-refractivity contribution in [3.63, 3.8) is 0 Å². The minimum atomic E-state index is 0.163. The predicted molar refractivity (Wildman–Crippen MR) is 50.7 cm³/mol. The molecule has 3 heteroatoms. The van der Waals surface area contributed by atoms with Crippen LogP contribution in [0.15, 0.2) is 24.4 Å². The van der Waals surface area contributed by atoms with Crippen molar-refractivity contribution in [2.24, 2.45) is 0 Å². The van der Waals surface area contributed by atoms with E-state index in [1.807, 2.05) is 25.1 Å². The van der Waals surface area contributed by atoms with Crippen LogP contribution >= 0.6 is 0 Å². The van der Waals surface area contributed by atoms with Crippen LogP contribution in [0.25, 0.3) is 10.9 Å². The van der Waals surface area contributed by atoms with Gasteiger partial charge in [-0.25, -0.2) is 0 Å².